The zero-order valence-electron chi connectivity index (χ0n) is 12.8. The molecular weight excluding hydrogens is 270 g/mol. The van der Waals surface area contributed by atoms with Crippen LogP contribution in [0.3, 0.4) is 0 Å². The lowest BCUT2D eigenvalue weighted by atomic mass is 9.86. The summed E-state index contributed by atoms with van der Waals surface area (Å²) in [5, 5.41) is 16.2. The molecule has 0 atom stereocenters. The monoisotopic (exact) mass is 293 g/mol. The van der Waals surface area contributed by atoms with Gasteiger partial charge in [-0.2, -0.15) is 5.10 Å². The maximum absolute atomic E-state index is 12.3. The third kappa shape index (κ3) is 3.43. The summed E-state index contributed by atoms with van der Waals surface area (Å²) >= 11 is 0. The van der Waals surface area contributed by atoms with E-state index >= 15 is 0 Å². The molecule has 0 spiro atoms. The van der Waals surface area contributed by atoms with Gasteiger partial charge >= 0.3 is 5.97 Å². The van der Waals surface area contributed by atoms with E-state index in [9.17, 15) is 9.59 Å². The van der Waals surface area contributed by atoms with E-state index in [4.69, 9.17) is 5.11 Å². The number of rotatable bonds is 4. The Balaban J connectivity index is 1.95. The van der Waals surface area contributed by atoms with Crippen LogP contribution in [0.15, 0.2) is 6.20 Å². The van der Waals surface area contributed by atoms with Crippen molar-refractivity contribution in [1.82, 2.24) is 15.1 Å². The Kier molecular flexibility index (Phi) is 4.65. The summed E-state index contributed by atoms with van der Waals surface area (Å²) in [5.74, 6) is -1.10. The first-order valence-corrected chi connectivity index (χ1v) is 7.48. The van der Waals surface area contributed by atoms with Crippen LogP contribution in [0.1, 0.15) is 61.6 Å². The average Bonchev–Trinajstić information content (AvgIpc) is 2.81. The van der Waals surface area contributed by atoms with E-state index in [1.165, 1.54) is 0 Å². The Bertz CT molecular complexity index is 528. The highest BCUT2D eigenvalue weighted by Crippen LogP contribution is 2.25. The Morgan fingerprint density at radius 3 is 2.43 bits per heavy atom. The summed E-state index contributed by atoms with van der Waals surface area (Å²) in [6.07, 6.45) is 4.31. The fourth-order valence-corrected chi connectivity index (χ4v) is 2.91. The predicted octanol–water partition coefficient (Wildman–Crippen LogP) is 2.15. The number of carboxylic acids is 1. The number of nitrogens with zero attached hydrogens (tertiary/aromatic N) is 2. The first kappa shape index (κ1) is 15.5. The molecule has 1 aromatic rings. The number of hydrogen-bond acceptors (Lipinski definition) is 3. The number of carboxylic acid groups (broad SMARTS) is 1. The predicted molar refractivity (Wildman–Crippen MR) is 78.2 cm³/mol. The number of carbonyl (C=O) groups excluding carboxylic acids is 1. The molecule has 0 saturated heterocycles. The molecule has 0 aliphatic heterocycles. The number of hydrogen-bond donors (Lipinski definition) is 2. The molecule has 21 heavy (non-hydrogen) atoms. The van der Waals surface area contributed by atoms with Crippen LogP contribution >= 0.6 is 0 Å². The van der Waals surface area contributed by atoms with E-state index in [-0.39, 0.29) is 23.9 Å². The van der Waals surface area contributed by atoms with Crippen LogP contribution in [0, 0.1) is 12.8 Å². The number of aliphatic carboxylic acids is 1. The van der Waals surface area contributed by atoms with Gasteiger partial charge in [0.25, 0.3) is 5.91 Å². The maximum atomic E-state index is 12.3. The number of aromatic nitrogens is 2. The summed E-state index contributed by atoms with van der Waals surface area (Å²) in [5.41, 5.74) is 1.46. The standard InChI is InChI=1S/C15H23N3O3/c1-9(2)18-10(3)13(8-16-18)14(19)17-12-6-4-11(5-7-12)15(20)21/h8-9,11-12H,4-7H2,1-3H3,(H,17,19)(H,20,21). The summed E-state index contributed by atoms with van der Waals surface area (Å²) in [6, 6.07) is 0.285. The number of nitrogens with one attached hydrogen (secondary N) is 1. The third-order valence-electron chi connectivity index (χ3n) is 4.19. The van der Waals surface area contributed by atoms with Crippen LogP contribution in [0.2, 0.25) is 0 Å². The average molecular weight is 293 g/mol. The Morgan fingerprint density at radius 2 is 1.95 bits per heavy atom. The van der Waals surface area contributed by atoms with Gasteiger partial charge in [-0.3, -0.25) is 14.3 Å². The Labute approximate surface area is 124 Å². The zero-order valence-corrected chi connectivity index (χ0v) is 12.8. The lowest BCUT2D eigenvalue weighted by Gasteiger charge is -2.26. The van der Waals surface area contributed by atoms with Gasteiger partial charge in [0.05, 0.1) is 17.7 Å². The van der Waals surface area contributed by atoms with Crippen molar-refractivity contribution in [3.8, 4) is 0 Å². The topological polar surface area (TPSA) is 84.2 Å². The van der Waals surface area contributed by atoms with Crippen molar-refractivity contribution in [1.29, 1.82) is 0 Å². The van der Waals surface area contributed by atoms with Crippen molar-refractivity contribution in [2.24, 2.45) is 5.92 Å². The molecule has 6 heteroatoms. The molecule has 1 heterocycles. The highest BCUT2D eigenvalue weighted by atomic mass is 16.4. The molecule has 1 saturated carbocycles. The second kappa shape index (κ2) is 6.28. The van der Waals surface area contributed by atoms with Gasteiger partial charge in [0.15, 0.2) is 0 Å². The van der Waals surface area contributed by atoms with Gasteiger partial charge in [0, 0.05) is 17.8 Å². The van der Waals surface area contributed by atoms with Crippen LogP contribution in [0.4, 0.5) is 0 Å². The highest BCUT2D eigenvalue weighted by Gasteiger charge is 2.27. The number of carbonyl (C=O) groups is 2. The van der Waals surface area contributed by atoms with Gasteiger partial charge in [0.2, 0.25) is 0 Å². The zero-order chi connectivity index (χ0) is 15.6. The number of amides is 1. The van der Waals surface area contributed by atoms with Crippen LogP contribution < -0.4 is 5.32 Å². The van der Waals surface area contributed by atoms with Crippen molar-refractivity contribution in [2.45, 2.75) is 58.5 Å². The van der Waals surface area contributed by atoms with E-state index < -0.39 is 5.97 Å². The molecule has 0 unspecified atom stereocenters. The van der Waals surface area contributed by atoms with Gasteiger partial charge in [-0.15, -0.1) is 0 Å². The van der Waals surface area contributed by atoms with Gasteiger partial charge in [-0.1, -0.05) is 0 Å². The molecular formula is C15H23N3O3. The fraction of sp³-hybridized carbons (Fsp3) is 0.667. The SMILES string of the molecule is Cc1c(C(=O)NC2CCC(C(=O)O)CC2)cnn1C(C)C. The molecule has 6 nitrogen and oxygen atoms in total. The Morgan fingerprint density at radius 1 is 1.33 bits per heavy atom. The lowest BCUT2D eigenvalue weighted by molar-refractivity contribution is -0.142. The maximum Gasteiger partial charge on any atom is 0.306 e. The van der Waals surface area contributed by atoms with E-state index in [1.807, 2.05) is 25.5 Å². The van der Waals surface area contributed by atoms with Gasteiger partial charge < -0.3 is 10.4 Å². The van der Waals surface area contributed by atoms with Gasteiger partial charge in [0.1, 0.15) is 0 Å². The molecule has 1 fully saturated rings. The molecule has 1 aliphatic rings. The van der Waals surface area contributed by atoms with Crippen molar-refractivity contribution >= 4 is 11.9 Å². The Hall–Kier alpha value is -1.85. The molecule has 0 bridgehead atoms. The quantitative estimate of drug-likeness (QED) is 0.890. The minimum absolute atomic E-state index is 0.0647. The summed E-state index contributed by atoms with van der Waals surface area (Å²) < 4.78 is 1.83. The van der Waals surface area contributed by atoms with Crippen molar-refractivity contribution in [3.05, 3.63) is 17.5 Å². The van der Waals surface area contributed by atoms with Gasteiger partial charge in [-0.05, 0) is 46.5 Å². The van der Waals surface area contributed by atoms with Crippen LogP contribution in [0.5, 0.6) is 0 Å². The largest absolute Gasteiger partial charge is 0.481 e. The second-order valence-corrected chi connectivity index (χ2v) is 6.04. The highest BCUT2D eigenvalue weighted by molar-refractivity contribution is 5.95. The van der Waals surface area contributed by atoms with Crippen LogP contribution in [-0.4, -0.2) is 32.8 Å². The smallest absolute Gasteiger partial charge is 0.306 e. The van der Waals surface area contributed by atoms with Crippen molar-refractivity contribution in [3.63, 3.8) is 0 Å². The molecule has 0 aromatic carbocycles. The molecule has 0 radical (unpaired) electrons. The minimum atomic E-state index is -0.728. The van der Waals surface area contributed by atoms with Gasteiger partial charge in [-0.25, -0.2) is 0 Å². The van der Waals surface area contributed by atoms with E-state index in [0.29, 0.717) is 18.4 Å². The van der Waals surface area contributed by atoms with Crippen LogP contribution in [-0.2, 0) is 4.79 Å². The molecule has 1 amide bonds. The molecule has 2 N–H and O–H groups in total. The summed E-state index contributed by atoms with van der Waals surface area (Å²) in [4.78, 5) is 23.2. The molecule has 116 valence electrons. The summed E-state index contributed by atoms with van der Waals surface area (Å²) in [7, 11) is 0. The minimum Gasteiger partial charge on any atom is -0.481 e. The fourth-order valence-electron chi connectivity index (χ4n) is 2.91. The van der Waals surface area contributed by atoms with E-state index in [0.717, 1.165) is 18.5 Å². The normalized spacial score (nSPS) is 22.3. The third-order valence-corrected chi connectivity index (χ3v) is 4.19. The van der Waals surface area contributed by atoms with E-state index in [2.05, 4.69) is 10.4 Å². The van der Waals surface area contributed by atoms with Crippen LogP contribution in [0.25, 0.3) is 0 Å². The summed E-state index contributed by atoms with van der Waals surface area (Å²) in [6.45, 7) is 5.94. The first-order chi connectivity index (χ1) is 9.90. The molecule has 2 rings (SSSR count). The molecule has 1 aromatic heterocycles. The molecule has 1 aliphatic carbocycles. The second-order valence-electron chi connectivity index (χ2n) is 6.04. The van der Waals surface area contributed by atoms with Crippen molar-refractivity contribution in [2.75, 3.05) is 0 Å². The van der Waals surface area contributed by atoms with E-state index in [1.54, 1.807) is 6.20 Å². The first-order valence-electron chi connectivity index (χ1n) is 7.48. The lowest BCUT2D eigenvalue weighted by Crippen LogP contribution is -2.38. The van der Waals surface area contributed by atoms with Crippen molar-refractivity contribution < 1.29 is 14.7 Å².